The number of nitrogens with one attached hydrogen (secondary N) is 2. The van der Waals surface area contributed by atoms with Crippen LogP contribution in [0.25, 0.3) is 0 Å². The molecule has 0 aliphatic heterocycles. The van der Waals surface area contributed by atoms with Crippen molar-refractivity contribution in [3.05, 3.63) is 56.5 Å². The Balaban J connectivity index is 2.10. The Morgan fingerprint density at radius 2 is 1.87 bits per heavy atom. The van der Waals surface area contributed by atoms with Crippen molar-refractivity contribution < 1.29 is 19.4 Å². The fourth-order valence-corrected chi connectivity index (χ4v) is 3.31. The number of nitrogens with zero attached hydrogens (tertiary/aromatic N) is 1. The van der Waals surface area contributed by atoms with E-state index in [1.54, 1.807) is 20.8 Å². The van der Waals surface area contributed by atoms with Gasteiger partial charge in [0.05, 0.1) is 28.4 Å². The van der Waals surface area contributed by atoms with Crippen LogP contribution in [0.15, 0.2) is 35.4 Å². The molecule has 0 aromatic heterocycles. The number of carbonyl (C=O) groups is 2. The summed E-state index contributed by atoms with van der Waals surface area (Å²) >= 11 is 17.9. The molecule has 3 N–H and O–H groups in total. The van der Waals surface area contributed by atoms with E-state index in [4.69, 9.17) is 39.5 Å². The number of aromatic hydroxyl groups is 1. The Morgan fingerprint density at radius 1 is 1.16 bits per heavy atom. The van der Waals surface area contributed by atoms with Gasteiger partial charge in [-0.2, -0.15) is 5.10 Å². The van der Waals surface area contributed by atoms with Gasteiger partial charge in [-0.05, 0) is 48.7 Å². The molecule has 2 aromatic carbocycles. The molecule has 31 heavy (non-hydrogen) atoms. The maximum atomic E-state index is 12.6. The summed E-state index contributed by atoms with van der Waals surface area (Å²) in [6.45, 7) is 5.68. The number of rotatable bonds is 8. The second kappa shape index (κ2) is 11.2. The van der Waals surface area contributed by atoms with Crippen molar-refractivity contribution in [2.45, 2.75) is 26.8 Å². The maximum Gasteiger partial charge on any atom is 0.262 e. The van der Waals surface area contributed by atoms with Crippen LogP contribution >= 0.6 is 34.8 Å². The Hall–Kier alpha value is -2.48. The summed E-state index contributed by atoms with van der Waals surface area (Å²) in [5, 5.41) is 17.1. The molecule has 2 aromatic rings. The molecule has 1 unspecified atom stereocenters. The minimum absolute atomic E-state index is 0.0888. The molecule has 0 radical (unpaired) electrons. The first-order valence-electron chi connectivity index (χ1n) is 9.38. The number of ether oxygens (including phenoxy) is 1. The highest BCUT2D eigenvalue weighted by atomic mass is 35.5. The zero-order chi connectivity index (χ0) is 23.1. The number of hydrogen-bond donors (Lipinski definition) is 3. The molecule has 0 saturated heterocycles. The van der Waals surface area contributed by atoms with Crippen molar-refractivity contribution in [1.29, 1.82) is 0 Å². The normalized spacial score (nSPS) is 12.1. The molecule has 0 spiro atoms. The van der Waals surface area contributed by atoms with Crippen molar-refractivity contribution in [2.24, 2.45) is 11.0 Å². The van der Waals surface area contributed by atoms with Crippen LogP contribution in [0.3, 0.4) is 0 Å². The topological polar surface area (TPSA) is 100 Å². The zero-order valence-corrected chi connectivity index (χ0v) is 19.3. The predicted octanol–water partition coefficient (Wildman–Crippen LogP) is 4.66. The summed E-state index contributed by atoms with van der Waals surface area (Å²) in [5.74, 6) is -1.22. The van der Waals surface area contributed by atoms with Gasteiger partial charge in [-0.15, -0.1) is 0 Å². The fourth-order valence-electron chi connectivity index (χ4n) is 2.60. The number of hydrogen-bond acceptors (Lipinski definition) is 5. The first kappa shape index (κ1) is 24.8. The van der Waals surface area contributed by atoms with E-state index in [1.165, 1.54) is 36.5 Å². The Bertz CT molecular complexity index is 996. The second-order valence-corrected chi connectivity index (χ2v) is 8.09. The maximum absolute atomic E-state index is 12.6. The van der Waals surface area contributed by atoms with Gasteiger partial charge in [-0.1, -0.05) is 48.7 Å². The summed E-state index contributed by atoms with van der Waals surface area (Å²) in [7, 11) is 0. The molecule has 1 atom stereocenters. The average Bonchev–Trinajstić information content (AvgIpc) is 2.69. The van der Waals surface area contributed by atoms with Crippen molar-refractivity contribution in [2.75, 3.05) is 6.61 Å². The minimum Gasteiger partial charge on any atom is -0.503 e. The largest absolute Gasteiger partial charge is 0.503 e. The van der Waals surface area contributed by atoms with Crippen LogP contribution in [0.5, 0.6) is 11.5 Å². The quantitative estimate of drug-likeness (QED) is 0.373. The lowest BCUT2D eigenvalue weighted by atomic mass is 10.0. The van der Waals surface area contributed by atoms with Gasteiger partial charge in [0.25, 0.3) is 11.8 Å². The first-order valence-corrected chi connectivity index (χ1v) is 10.5. The standard InChI is InChI=1S/C21H22Cl3N3O4/c1-4-31-17-8-12(7-16(24)19(17)28)10-25-27-21(30)18(11(2)3)26-20(29)14-6-5-13(22)9-15(14)23/h5-11,18,28H,4H2,1-3H3,(H,26,29)(H,27,30). The van der Waals surface area contributed by atoms with Crippen LogP contribution < -0.4 is 15.5 Å². The van der Waals surface area contributed by atoms with E-state index in [-0.39, 0.29) is 33.0 Å². The molecule has 2 amide bonds. The third-order valence-electron chi connectivity index (χ3n) is 4.15. The van der Waals surface area contributed by atoms with Crippen LogP contribution in [-0.4, -0.2) is 35.8 Å². The van der Waals surface area contributed by atoms with E-state index in [0.29, 0.717) is 17.2 Å². The summed E-state index contributed by atoms with van der Waals surface area (Å²) in [5.41, 5.74) is 3.10. The number of carbonyl (C=O) groups excluding carboxylic acids is 2. The highest BCUT2D eigenvalue weighted by Crippen LogP contribution is 2.34. The van der Waals surface area contributed by atoms with Crippen LogP contribution in [0, 0.1) is 5.92 Å². The lowest BCUT2D eigenvalue weighted by Gasteiger charge is -2.20. The van der Waals surface area contributed by atoms with Crippen LogP contribution in [-0.2, 0) is 4.79 Å². The number of benzene rings is 2. The minimum atomic E-state index is -0.862. The van der Waals surface area contributed by atoms with Crippen LogP contribution in [0.1, 0.15) is 36.7 Å². The zero-order valence-electron chi connectivity index (χ0n) is 17.1. The summed E-state index contributed by atoms with van der Waals surface area (Å²) < 4.78 is 5.31. The molecule has 7 nitrogen and oxygen atoms in total. The Morgan fingerprint density at radius 3 is 2.48 bits per heavy atom. The SMILES string of the molecule is CCOc1cc(C=NNC(=O)C(NC(=O)c2ccc(Cl)cc2Cl)C(C)C)cc(Cl)c1O. The van der Waals surface area contributed by atoms with Crippen molar-refractivity contribution in [3.8, 4) is 11.5 Å². The summed E-state index contributed by atoms with van der Waals surface area (Å²) in [6.07, 6.45) is 1.35. The average molecular weight is 487 g/mol. The van der Waals surface area contributed by atoms with Crippen LogP contribution in [0.4, 0.5) is 0 Å². The monoisotopic (exact) mass is 485 g/mol. The number of hydrazone groups is 1. The molecule has 2 rings (SSSR count). The van der Waals surface area contributed by atoms with E-state index >= 15 is 0 Å². The number of phenols is 1. The van der Waals surface area contributed by atoms with E-state index in [2.05, 4.69) is 15.8 Å². The molecule has 0 aliphatic carbocycles. The fraction of sp³-hybridized carbons (Fsp3) is 0.286. The molecule has 0 bridgehead atoms. The third-order valence-corrected chi connectivity index (χ3v) is 4.99. The van der Waals surface area contributed by atoms with Crippen molar-refractivity contribution >= 4 is 52.8 Å². The van der Waals surface area contributed by atoms with Gasteiger partial charge in [0, 0.05) is 5.02 Å². The molecule has 10 heteroatoms. The first-order chi connectivity index (χ1) is 14.6. The molecule has 0 saturated carbocycles. The smallest absolute Gasteiger partial charge is 0.262 e. The number of amides is 2. The van der Waals surface area contributed by atoms with Gasteiger partial charge in [0.15, 0.2) is 11.5 Å². The second-order valence-electron chi connectivity index (χ2n) is 6.84. The van der Waals surface area contributed by atoms with Gasteiger partial charge in [-0.25, -0.2) is 5.43 Å². The third kappa shape index (κ3) is 6.75. The molecule has 0 fully saturated rings. The number of phenolic OH excluding ortho intramolecular Hbond substituents is 1. The lowest BCUT2D eigenvalue weighted by molar-refractivity contribution is -0.123. The summed E-state index contributed by atoms with van der Waals surface area (Å²) in [6, 6.07) is 6.61. The lowest BCUT2D eigenvalue weighted by Crippen LogP contribution is -2.48. The molecular weight excluding hydrogens is 465 g/mol. The van der Waals surface area contributed by atoms with E-state index in [9.17, 15) is 14.7 Å². The van der Waals surface area contributed by atoms with Crippen LogP contribution in [0.2, 0.25) is 15.1 Å². The highest BCUT2D eigenvalue weighted by molar-refractivity contribution is 6.36. The summed E-state index contributed by atoms with van der Waals surface area (Å²) in [4.78, 5) is 25.1. The van der Waals surface area contributed by atoms with E-state index in [1.807, 2.05) is 0 Å². The van der Waals surface area contributed by atoms with E-state index < -0.39 is 17.9 Å². The van der Waals surface area contributed by atoms with Gasteiger partial charge >= 0.3 is 0 Å². The van der Waals surface area contributed by atoms with Crippen molar-refractivity contribution in [1.82, 2.24) is 10.7 Å². The molecule has 0 aliphatic rings. The van der Waals surface area contributed by atoms with Gasteiger partial charge in [0.2, 0.25) is 0 Å². The predicted molar refractivity (Wildman–Crippen MR) is 123 cm³/mol. The molecular formula is C21H22Cl3N3O4. The van der Waals surface area contributed by atoms with Gasteiger partial charge in [-0.3, -0.25) is 9.59 Å². The van der Waals surface area contributed by atoms with Gasteiger partial charge in [0.1, 0.15) is 6.04 Å². The van der Waals surface area contributed by atoms with Crippen molar-refractivity contribution in [3.63, 3.8) is 0 Å². The van der Waals surface area contributed by atoms with Gasteiger partial charge < -0.3 is 15.2 Å². The Labute approximate surface area is 195 Å². The molecule has 166 valence electrons. The highest BCUT2D eigenvalue weighted by Gasteiger charge is 2.25. The number of halogens is 3. The van der Waals surface area contributed by atoms with E-state index in [0.717, 1.165) is 0 Å². The molecule has 0 heterocycles. The Kier molecular flexibility index (Phi) is 8.98.